The third-order valence-electron chi connectivity index (χ3n) is 15.7. The second-order valence-electron chi connectivity index (χ2n) is 25.2. The molecule has 2 atom stereocenters. The van der Waals surface area contributed by atoms with Gasteiger partial charge in [0.2, 0.25) is 0 Å². The molecule has 0 radical (unpaired) electrons. The maximum atomic E-state index is 12.8. The van der Waals surface area contributed by atoms with Gasteiger partial charge in [-0.3, -0.25) is 9.59 Å². The molecule has 84 heavy (non-hydrogen) atoms. The van der Waals surface area contributed by atoms with Gasteiger partial charge in [0.25, 0.3) is 0 Å². The van der Waals surface area contributed by atoms with Gasteiger partial charge in [0, 0.05) is 12.8 Å². The summed E-state index contributed by atoms with van der Waals surface area (Å²) in [6.45, 7) is 4.58. The van der Waals surface area contributed by atoms with Gasteiger partial charge in [-0.25, -0.2) is 0 Å². The highest BCUT2D eigenvalue weighted by Crippen LogP contribution is 2.19. The average molecular weight is 1180 g/mol. The fraction of sp³-hybridized carbons (Fsp3) is 0.800. The minimum Gasteiger partial charge on any atom is -0.545 e. The molecule has 0 aromatic carbocycles. The van der Waals surface area contributed by atoms with E-state index in [0.717, 1.165) is 57.8 Å². The number of esters is 2. The van der Waals surface area contributed by atoms with Crippen molar-refractivity contribution in [1.29, 1.82) is 0 Å². The fourth-order valence-corrected chi connectivity index (χ4v) is 10.3. The van der Waals surface area contributed by atoms with E-state index in [0.29, 0.717) is 17.4 Å². The molecule has 0 amide bonds. The third kappa shape index (κ3) is 66.3. The minimum absolute atomic E-state index is 0.121. The SMILES string of the molecule is CC/C=C\C/C=C\C/C=C\C/C=C\C/C=C\C/C=C\CCC(=O)OC(COC(=O)CCCCCCCCCCCCCCCCCCCCCCCCCCCCCCCCCCCCCCCCCC)COC(OCC[N+](C)(C)C)C(=O)[O-]. The molecule has 0 heterocycles. The van der Waals surface area contributed by atoms with E-state index in [1.165, 1.54) is 238 Å². The van der Waals surface area contributed by atoms with Gasteiger partial charge in [-0.05, 0) is 51.4 Å². The number of rotatable bonds is 66. The van der Waals surface area contributed by atoms with Gasteiger partial charge in [0.1, 0.15) is 13.2 Å². The van der Waals surface area contributed by atoms with E-state index in [1.807, 2.05) is 33.3 Å². The van der Waals surface area contributed by atoms with Crippen molar-refractivity contribution in [2.24, 2.45) is 0 Å². The Hall–Kier alpha value is -3.27. The number of hydrogen-bond acceptors (Lipinski definition) is 8. The van der Waals surface area contributed by atoms with Gasteiger partial charge in [-0.1, -0.05) is 337 Å². The smallest absolute Gasteiger partial charge is 0.306 e. The number of hydrogen-bond donors (Lipinski definition) is 0. The van der Waals surface area contributed by atoms with E-state index < -0.39 is 24.3 Å². The molecular formula is C75H135NO8. The van der Waals surface area contributed by atoms with Crippen molar-refractivity contribution in [3.8, 4) is 0 Å². The van der Waals surface area contributed by atoms with Crippen LogP contribution in [0.2, 0.25) is 0 Å². The van der Waals surface area contributed by atoms with Crippen LogP contribution in [0, 0.1) is 0 Å². The van der Waals surface area contributed by atoms with Gasteiger partial charge in [-0.15, -0.1) is 0 Å². The van der Waals surface area contributed by atoms with Gasteiger partial charge >= 0.3 is 11.9 Å². The number of carboxylic acid groups (broad SMARTS) is 1. The molecule has 488 valence electrons. The van der Waals surface area contributed by atoms with E-state index in [2.05, 4.69) is 74.6 Å². The molecule has 0 aliphatic carbocycles. The molecule has 0 saturated carbocycles. The highest BCUT2D eigenvalue weighted by atomic mass is 16.7. The Morgan fingerprint density at radius 1 is 0.369 bits per heavy atom. The molecule has 0 rings (SSSR count). The number of unbranched alkanes of at least 4 members (excludes halogenated alkanes) is 39. The van der Waals surface area contributed by atoms with Crippen molar-refractivity contribution in [3.05, 3.63) is 72.9 Å². The molecule has 0 aromatic rings. The Balaban J connectivity index is 3.98. The lowest BCUT2D eigenvalue weighted by atomic mass is 10.0. The lowest BCUT2D eigenvalue weighted by Gasteiger charge is -2.26. The summed E-state index contributed by atoms with van der Waals surface area (Å²) in [7, 11) is 5.90. The summed E-state index contributed by atoms with van der Waals surface area (Å²) in [6, 6.07) is 0. The molecule has 2 unspecified atom stereocenters. The maximum absolute atomic E-state index is 12.8. The standard InChI is InChI=1S/C75H135NO8/c1-6-8-10-12-14-16-18-20-22-24-26-27-28-29-30-31-32-33-34-35-36-37-38-39-40-41-42-43-44-45-46-48-49-51-53-55-57-59-61-63-65-72(77)82-69-71(70-83-75(74(79)80)81-68-67-76(3,4)5)84-73(78)66-64-62-60-58-56-54-52-50-47-25-23-21-19-17-15-13-11-9-7-2/h9,11,15,17,21,23,47,50,54,56,60,62,71,75H,6-8,10,12-14,16,18-20,22,24-46,48-49,51-53,55,57-59,61,63-70H2,1-5H3/b11-9-,17-15-,23-21-,50-47-,56-54-,62-60-. The van der Waals surface area contributed by atoms with Crippen molar-refractivity contribution in [2.45, 2.75) is 341 Å². The predicted molar refractivity (Wildman–Crippen MR) is 357 cm³/mol. The summed E-state index contributed by atoms with van der Waals surface area (Å²) in [5, 5.41) is 11.8. The largest absolute Gasteiger partial charge is 0.545 e. The summed E-state index contributed by atoms with van der Waals surface area (Å²) in [4.78, 5) is 37.3. The van der Waals surface area contributed by atoms with E-state index >= 15 is 0 Å². The molecule has 0 N–H and O–H groups in total. The van der Waals surface area contributed by atoms with Crippen molar-refractivity contribution in [2.75, 3.05) is 47.5 Å². The zero-order valence-corrected chi connectivity index (χ0v) is 55.8. The second-order valence-corrected chi connectivity index (χ2v) is 25.2. The van der Waals surface area contributed by atoms with Crippen molar-refractivity contribution < 1.29 is 42.9 Å². The first-order valence-electron chi connectivity index (χ1n) is 35.6. The molecule has 0 bridgehead atoms. The van der Waals surface area contributed by atoms with Crippen LogP contribution in [-0.2, 0) is 33.3 Å². The lowest BCUT2D eigenvalue weighted by Crippen LogP contribution is -2.44. The lowest BCUT2D eigenvalue weighted by molar-refractivity contribution is -0.870. The average Bonchev–Trinajstić information content (AvgIpc) is 3.55. The van der Waals surface area contributed by atoms with Crippen LogP contribution in [0.1, 0.15) is 328 Å². The number of likely N-dealkylation sites (N-methyl/N-ethyl adjacent to an activating group) is 1. The number of ether oxygens (including phenoxy) is 4. The van der Waals surface area contributed by atoms with Gasteiger partial charge in [0.05, 0.1) is 40.3 Å². The quantitative estimate of drug-likeness (QED) is 0.0195. The highest BCUT2D eigenvalue weighted by molar-refractivity contribution is 5.70. The topological polar surface area (TPSA) is 111 Å². The normalized spacial score (nSPS) is 13.1. The van der Waals surface area contributed by atoms with Crippen LogP contribution in [0.4, 0.5) is 0 Å². The molecular weight excluding hydrogens is 1040 g/mol. The second kappa shape index (κ2) is 65.7. The highest BCUT2D eigenvalue weighted by Gasteiger charge is 2.22. The monoisotopic (exact) mass is 1180 g/mol. The number of quaternary nitrogens is 1. The minimum atomic E-state index is -1.64. The van der Waals surface area contributed by atoms with Crippen molar-refractivity contribution >= 4 is 17.9 Å². The summed E-state index contributed by atoms with van der Waals surface area (Å²) in [5.41, 5.74) is 0. The summed E-state index contributed by atoms with van der Waals surface area (Å²) >= 11 is 0. The van der Waals surface area contributed by atoms with E-state index in [1.54, 1.807) is 0 Å². The Morgan fingerprint density at radius 3 is 0.988 bits per heavy atom. The Bertz CT molecular complexity index is 1610. The Morgan fingerprint density at radius 2 is 0.679 bits per heavy atom. The Kier molecular flexibility index (Phi) is 63.1. The number of allylic oxidation sites excluding steroid dienone is 12. The van der Waals surface area contributed by atoms with Crippen LogP contribution in [0.15, 0.2) is 72.9 Å². The zero-order chi connectivity index (χ0) is 61.2. The van der Waals surface area contributed by atoms with Crippen LogP contribution in [0.25, 0.3) is 0 Å². The summed E-state index contributed by atoms with van der Waals surface area (Å²) in [5.74, 6) is -2.39. The Labute approximate surface area is 519 Å². The van der Waals surface area contributed by atoms with Gasteiger partial charge < -0.3 is 33.3 Å². The summed E-state index contributed by atoms with van der Waals surface area (Å²) in [6.07, 6.45) is 84.8. The molecule has 9 heteroatoms. The first-order valence-corrected chi connectivity index (χ1v) is 35.6. The zero-order valence-electron chi connectivity index (χ0n) is 55.8. The number of carbonyl (C=O) groups excluding carboxylic acids is 3. The van der Waals surface area contributed by atoms with Crippen LogP contribution in [0.3, 0.4) is 0 Å². The van der Waals surface area contributed by atoms with Gasteiger partial charge in [-0.2, -0.15) is 0 Å². The number of carbonyl (C=O) groups is 3. The number of carboxylic acids is 1. The maximum Gasteiger partial charge on any atom is 0.306 e. The van der Waals surface area contributed by atoms with E-state index in [4.69, 9.17) is 18.9 Å². The molecule has 9 nitrogen and oxygen atoms in total. The van der Waals surface area contributed by atoms with Crippen molar-refractivity contribution in [3.63, 3.8) is 0 Å². The number of aliphatic carboxylic acids is 1. The molecule has 0 aliphatic heterocycles. The first-order chi connectivity index (χ1) is 41.1. The van der Waals surface area contributed by atoms with Crippen LogP contribution < -0.4 is 5.11 Å². The molecule has 0 fully saturated rings. The van der Waals surface area contributed by atoms with Gasteiger partial charge in [0.15, 0.2) is 12.4 Å². The van der Waals surface area contributed by atoms with Crippen LogP contribution >= 0.6 is 0 Å². The molecule has 0 aromatic heterocycles. The third-order valence-corrected chi connectivity index (χ3v) is 15.7. The molecule has 0 spiro atoms. The summed E-state index contributed by atoms with van der Waals surface area (Å²) < 4.78 is 22.6. The number of nitrogens with zero attached hydrogens (tertiary/aromatic N) is 1. The van der Waals surface area contributed by atoms with E-state index in [-0.39, 0.29) is 38.6 Å². The first kappa shape index (κ1) is 80.7. The van der Waals surface area contributed by atoms with Crippen LogP contribution in [0.5, 0.6) is 0 Å². The molecule has 0 saturated heterocycles. The van der Waals surface area contributed by atoms with Crippen molar-refractivity contribution in [1.82, 2.24) is 0 Å². The predicted octanol–water partition coefficient (Wildman–Crippen LogP) is 20.7. The van der Waals surface area contributed by atoms with E-state index in [9.17, 15) is 19.5 Å². The van der Waals surface area contributed by atoms with Crippen LogP contribution in [-0.4, -0.2) is 82.3 Å². The molecule has 0 aliphatic rings. The fourth-order valence-electron chi connectivity index (χ4n) is 10.3.